The number of carbonyl (C=O) groups is 2. The van der Waals surface area contributed by atoms with Crippen LogP contribution in [0.15, 0.2) is 53.3 Å². The maximum atomic E-state index is 14.0. The van der Waals surface area contributed by atoms with E-state index in [2.05, 4.69) is 19.9 Å². The van der Waals surface area contributed by atoms with E-state index in [0.29, 0.717) is 13.9 Å². The fourth-order valence-electron chi connectivity index (χ4n) is 4.14. The lowest BCUT2D eigenvalue weighted by Crippen LogP contribution is -2.40. The van der Waals surface area contributed by atoms with E-state index in [9.17, 15) is 40.7 Å². The van der Waals surface area contributed by atoms with Crippen LogP contribution in [0.1, 0.15) is 34.8 Å². The van der Waals surface area contributed by atoms with Crippen LogP contribution >= 0.6 is 11.6 Å². The summed E-state index contributed by atoms with van der Waals surface area (Å²) in [6, 6.07) is 9.63. The number of primary amides is 1. The Hall–Kier alpha value is -4.71. The molecule has 240 valence electrons. The molecule has 0 saturated carbocycles. The van der Waals surface area contributed by atoms with Gasteiger partial charge in [-0.3, -0.25) is 14.2 Å². The van der Waals surface area contributed by atoms with Crippen LogP contribution in [0.5, 0.6) is 0 Å². The van der Waals surface area contributed by atoms with Crippen LogP contribution in [-0.4, -0.2) is 59.8 Å². The van der Waals surface area contributed by atoms with Crippen molar-refractivity contribution >= 4 is 23.5 Å². The van der Waals surface area contributed by atoms with Gasteiger partial charge in [-0.2, -0.15) is 26.3 Å². The lowest BCUT2D eigenvalue weighted by molar-refractivity contribution is -0.224. The lowest BCUT2D eigenvalue weighted by atomic mass is 10.1. The number of halogens is 7. The number of benzene rings is 2. The van der Waals surface area contributed by atoms with Crippen LogP contribution in [0, 0.1) is 0 Å². The number of alkyl halides is 6. The van der Waals surface area contributed by atoms with Crippen molar-refractivity contribution in [1.29, 1.82) is 0 Å². The molecule has 2 aromatic carbocycles. The van der Waals surface area contributed by atoms with Gasteiger partial charge in [-0.05, 0) is 49.4 Å². The summed E-state index contributed by atoms with van der Waals surface area (Å²) in [5.74, 6) is -3.88. The first-order valence-corrected chi connectivity index (χ1v) is 13.3. The Bertz CT molecular complexity index is 1750. The van der Waals surface area contributed by atoms with Gasteiger partial charge in [-0.15, -0.1) is 10.2 Å². The summed E-state index contributed by atoms with van der Waals surface area (Å²) >= 11 is 5.92. The van der Waals surface area contributed by atoms with Gasteiger partial charge in [0.05, 0.1) is 17.8 Å². The van der Waals surface area contributed by atoms with Gasteiger partial charge in [-0.25, -0.2) is 19.1 Å². The van der Waals surface area contributed by atoms with Crippen LogP contribution in [-0.2, 0) is 28.8 Å². The first-order valence-electron chi connectivity index (χ1n) is 12.9. The number of hydrogen-bond acceptors (Lipinski definition) is 8. The van der Waals surface area contributed by atoms with Crippen LogP contribution in [0.4, 0.5) is 26.3 Å². The van der Waals surface area contributed by atoms with Gasteiger partial charge in [-0.1, -0.05) is 23.7 Å². The molecule has 45 heavy (non-hydrogen) atoms. The van der Waals surface area contributed by atoms with Gasteiger partial charge >= 0.3 is 24.0 Å². The topological polar surface area (TPSA) is 166 Å². The highest BCUT2D eigenvalue weighted by molar-refractivity contribution is 6.30. The quantitative estimate of drug-likeness (QED) is 0.183. The Balaban J connectivity index is 1.79. The molecule has 0 aliphatic carbocycles. The molecule has 12 nitrogen and oxygen atoms in total. The first-order chi connectivity index (χ1) is 21.1. The number of hydrogen-bond donors (Lipinski definition) is 2. The SMILES string of the molecule is NCCCC(=O)O[C@@H](Cn1c(-c2ccc(Cl)cc2)nn(Cc2nc(C(N)=O)n(-c3ccccc3C(F)(F)F)n2)c1=O)C(F)(F)F. The molecule has 4 N–H and O–H groups in total. The molecule has 0 fully saturated rings. The Labute approximate surface area is 254 Å². The second kappa shape index (κ2) is 13.1. The molecule has 0 saturated heterocycles. The van der Waals surface area contributed by atoms with Crippen molar-refractivity contribution in [3.8, 4) is 17.1 Å². The highest BCUT2D eigenvalue weighted by atomic mass is 35.5. The van der Waals surface area contributed by atoms with E-state index >= 15 is 0 Å². The summed E-state index contributed by atoms with van der Waals surface area (Å²) in [5, 5.41) is 8.28. The van der Waals surface area contributed by atoms with Crippen molar-refractivity contribution in [3.63, 3.8) is 0 Å². The summed E-state index contributed by atoms with van der Waals surface area (Å²) < 4.78 is 89.3. The predicted molar refractivity (Wildman–Crippen MR) is 145 cm³/mol. The van der Waals surface area contributed by atoms with E-state index in [-0.39, 0.29) is 29.4 Å². The molecule has 4 aromatic rings. The molecule has 2 aromatic heterocycles. The molecular formula is C26H23ClF6N8O4. The van der Waals surface area contributed by atoms with Crippen molar-refractivity contribution in [2.75, 3.05) is 6.54 Å². The minimum absolute atomic E-state index is 0.0295. The number of carbonyl (C=O) groups excluding carboxylic acids is 2. The maximum absolute atomic E-state index is 14.0. The summed E-state index contributed by atoms with van der Waals surface area (Å²) in [5.41, 5.74) is 7.85. The van der Waals surface area contributed by atoms with E-state index in [1.807, 2.05) is 0 Å². The van der Waals surface area contributed by atoms with Gasteiger partial charge in [0.2, 0.25) is 11.9 Å². The number of ether oxygens (including phenoxy) is 1. The van der Waals surface area contributed by atoms with E-state index in [4.69, 9.17) is 23.1 Å². The zero-order valence-corrected chi connectivity index (χ0v) is 23.6. The second-order valence-electron chi connectivity index (χ2n) is 9.44. The molecular weight excluding hydrogens is 638 g/mol. The lowest BCUT2D eigenvalue weighted by Gasteiger charge is -2.21. The standard InChI is InChI=1S/C26H23ClF6N8O4/c27-15-9-7-14(8-10-15)22-38-40(24(44)39(22)12-18(26(31,32)33)45-20(42)6-3-11-34)13-19-36-23(21(35)43)41(37-19)17-5-2-1-4-16(17)25(28,29)30/h1-2,4-5,7-10,18H,3,6,11-13,34H2,(H2,35,43)/t18-/m0/s1. The molecule has 0 unspecified atom stereocenters. The minimum atomic E-state index is -5.10. The highest BCUT2D eigenvalue weighted by Gasteiger charge is 2.44. The third-order valence-electron chi connectivity index (χ3n) is 6.20. The molecule has 0 spiro atoms. The van der Waals surface area contributed by atoms with Crippen LogP contribution in [0.3, 0.4) is 0 Å². The summed E-state index contributed by atoms with van der Waals surface area (Å²) in [7, 11) is 0. The fraction of sp³-hybridized carbons (Fsp3) is 0.308. The zero-order valence-electron chi connectivity index (χ0n) is 22.8. The number of aromatic nitrogens is 6. The average molecular weight is 661 g/mol. The Morgan fingerprint density at radius 3 is 2.27 bits per heavy atom. The Kier molecular flexibility index (Phi) is 9.67. The van der Waals surface area contributed by atoms with Gasteiger partial charge < -0.3 is 16.2 Å². The third kappa shape index (κ3) is 7.69. The third-order valence-corrected chi connectivity index (χ3v) is 6.45. The van der Waals surface area contributed by atoms with Crippen molar-refractivity contribution in [3.05, 3.63) is 81.3 Å². The van der Waals surface area contributed by atoms with Crippen molar-refractivity contribution in [2.24, 2.45) is 11.5 Å². The van der Waals surface area contributed by atoms with Gasteiger partial charge in [0.15, 0.2) is 11.6 Å². The van der Waals surface area contributed by atoms with Crippen LogP contribution in [0.25, 0.3) is 17.1 Å². The predicted octanol–water partition coefficient (Wildman–Crippen LogP) is 3.32. The molecule has 0 radical (unpaired) electrons. The monoisotopic (exact) mass is 660 g/mol. The summed E-state index contributed by atoms with van der Waals surface area (Å²) in [4.78, 5) is 41.4. The number of nitrogens with two attached hydrogens (primary N) is 2. The molecule has 0 bridgehead atoms. The van der Waals surface area contributed by atoms with E-state index in [1.54, 1.807) is 0 Å². The van der Waals surface area contributed by atoms with Crippen molar-refractivity contribution in [2.45, 2.75) is 44.4 Å². The Morgan fingerprint density at radius 1 is 1.00 bits per heavy atom. The van der Waals surface area contributed by atoms with E-state index in [1.165, 1.54) is 30.3 Å². The zero-order chi connectivity index (χ0) is 33.1. The second-order valence-corrected chi connectivity index (χ2v) is 9.87. The average Bonchev–Trinajstić information content (AvgIpc) is 3.52. The fourth-order valence-corrected chi connectivity index (χ4v) is 4.27. The van der Waals surface area contributed by atoms with Gasteiger partial charge in [0.1, 0.15) is 6.54 Å². The maximum Gasteiger partial charge on any atom is 0.427 e. The van der Waals surface area contributed by atoms with Crippen LogP contribution < -0.4 is 17.2 Å². The molecule has 0 aliphatic heterocycles. The molecule has 2 heterocycles. The molecule has 1 amide bonds. The Morgan fingerprint density at radius 2 is 1.67 bits per heavy atom. The normalized spacial score (nSPS) is 12.7. The highest BCUT2D eigenvalue weighted by Crippen LogP contribution is 2.34. The number of para-hydroxylation sites is 1. The summed E-state index contributed by atoms with van der Waals surface area (Å²) in [6.07, 6.45) is -13.0. The van der Waals surface area contributed by atoms with Gasteiger partial charge in [0, 0.05) is 17.0 Å². The van der Waals surface area contributed by atoms with Crippen molar-refractivity contribution in [1.82, 2.24) is 29.1 Å². The summed E-state index contributed by atoms with van der Waals surface area (Å²) in [6.45, 7) is -1.88. The molecule has 19 heteroatoms. The van der Waals surface area contributed by atoms with Gasteiger partial charge in [0.25, 0.3) is 5.91 Å². The number of amides is 1. The largest absolute Gasteiger partial charge is 0.451 e. The number of esters is 1. The number of rotatable bonds is 11. The van der Waals surface area contributed by atoms with E-state index in [0.717, 1.165) is 18.2 Å². The van der Waals surface area contributed by atoms with E-state index < -0.39 is 78.4 Å². The first kappa shape index (κ1) is 33.2. The molecule has 4 rings (SSSR count). The smallest absolute Gasteiger partial charge is 0.427 e. The molecule has 0 aliphatic rings. The minimum Gasteiger partial charge on any atom is -0.451 e. The van der Waals surface area contributed by atoms with Crippen molar-refractivity contribution < 1.29 is 40.7 Å². The van der Waals surface area contributed by atoms with Crippen LogP contribution in [0.2, 0.25) is 5.02 Å². The molecule has 1 atom stereocenters. The number of nitrogens with zero attached hydrogens (tertiary/aromatic N) is 6.